The third kappa shape index (κ3) is 3.63. The van der Waals surface area contributed by atoms with Gasteiger partial charge >= 0.3 is 0 Å². The van der Waals surface area contributed by atoms with Crippen LogP contribution in [0.2, 0.25) is 5.02 Å². The molecule has 0 bridgehead atoms. The van der Waals surface area contributed by atoms with Crippen molar-refractivity contribution in [3.63, 3.8) is 0 Å². The maximum Gasteiger partial charge on any atom is 0.137 e. The molecule has 18 heavy (non-hydrogen) atoms. The Kier molecular flexibility index (Phi) is 4.86. The lowest BCUT2D eigenvalue weighted by Crippen LogP contribution is -2.30. The number of benzene rings is 1. The van der Waals surface area contributed by atoms with Gasteiger partial charge < -0.3 is 10.1 Å². The number of nitrogens with zero attached hydrogens (tertiary/aromatic N) is 1. The van der Waals surface area contributed by atoms with Gasteiger partial charge in [-0.15, -0.1) is 0 Å². The molecule has 1 atom stereocenters. The van der Waals surface area contributed by atoms with E-state index in [0.29, 0.717) is 28.9 Å². The summed E-state index contributed by atoms with van der Waals surface area (Å²) in [6, 6.07) is 7.18. The first kappa shape index (κ1) is 13.2. The quantitative estimate of drug-likeness (QED) is 0.909. The summed E-state index contributed by atoms with van der Waals surface area (Å²) in [5.41, 5.74) is 0.559. The van der Waals surface area contributed by atoms with Crippen LogP contribution in [0, 0.1) is 17.2 Å². The molecule has 3 nitrogen and oxygen atoms in total. The van der Waals surface area contributed by atoms with Gasteiger partial charge in [-0.25, -0.2) is 0 Å². The Morgan fingerprint density at radius 1 is 1.50 bits per heavy atom. The van der Waals surface area contributed by atoms with Crippen molar-refractivity contribution in [2.45, 2.75) is 19.3 Å². The smallest absolute Gasteiger partial charge is 0.137 e. The van der Waals surface area contributed by atoms with Crippen LogP contribution >= 0.6 is 11.6 Å². The zero-order valence-electron chi connectivity index (χ0n) is 10.3. The van der Waals surface area contributed by atoms with Gasteiger partial charge in [0.25, 0.3) is 0 Å². The summed E-state index contributed by atoms with van der Waals surface area (Å²) < 4.78 is 5.67. The molecule has 4 heteroatoms. The normalized spacial score (nSPS) is 19.2. The average Bonchev–Trinajstić information content (AvgIpc) is 2.42. The Morgan fingerprint density at radius 2 is 2.39 bits per heavy atom. The first-order valence-corrected chi connectivity index (χ1v) is 6.70. The number of ether oxygens (including phenoxy) is 1. The van der Waals surface area contributed by atoms with Gasteiger partial charge in [0.05, 0.1) is 23.3 Å². The summed E-state index contributed by atoms with van der Waals surface area (Å²) in [6.45, 7) is 2.90. The molecular formula is C14H17ClN2O. The van der Waals surface area contributed by atoms with Gasteiger partial charge in [-0.1, -0.05) is 11.6 Å². The van der Waals surface area contributed by atoms with E-state index in [2.05, 4.69) is 11.4 Å². The third-order valence-corrected chi connectivity index (χ3v) is 3.54. The molecule has 0 amide bonds. The third-order valence-electron chi connectivity index (χ3n) is 3.24. The Labute approximate surface area is 113 Å². The van der Waals surface area contributed by atoms with Gasteiger partial charge in [-0.05, 0) is 56.5 Å². The van der Waals surface area contributed by atoms with E-state index in [1.165, 1.54) is 12.8 Å². The zero-order valence-corrected chi connectivity index (χ0v) is 11.0. The van der Waals surface area contributed by atoms with E-state index in [1.54, 1.807) is 18.2 Å². The molecule has 2 rings (SSSR count). The summed E-state index contributed by atoms with van der Waals surface area (Å²) >= 11 is 6.04. The van der Waals surface area contributed by atoms with Crippen LogP contribution in [0.15, 0.2) is 18.2 Å². The molecule has 0 spiro atoms. The van der Waals surface area contributed by atoms with Gasteiger partial charge in [0, 0.05) is 0 Å². The highest BCUT2D eigenvalue weighted by Crippen LogP contribution is 2.26. The molecule has 1 fully saturated rings. The molecule has 1 unspecified atom stereocenters. The van der Waals surface area contributed by atoms with E-state index in [1.807, 2.05) is 0 Å². The molecule has 1 N–H and O–H groups in total. The van der Waals surface area contributed by atoms with Crippen molar-refractivity contribution in [3.8, 4) is 11.8 Å². The Bertz CT molecular complexity index is 436. The highest BCUT2D eigenvalue weighted by atomic mass is 35.5. The second-order valence-corrected chi connectivity index (χ2v) is 5.01. The number of nitriles is 1. The van der Waals surface area contributed by atoms with Crippen molar-refractivity contribution in [1.82, 2.24) is 5.32 Å². The Balaban J connectivity index is 1.81. The van der Waals surface area contributed by atoms with E-state index in [0.717, 1.165) is 19.5 Å². The molecule has 0 aliphatic carbocycles. The molecule has 1 aliphatic heterocycles. The van der Waals surface area contributed by atoms with E-state index in [4.69, 9.17) is 21.6 Å². The molecule has 0 radical (unpaired) electrons. The maximum absolute atomic E-state index is 8.74. The van der Waals surface area contributed by atoms with Gasteiger partial charge in [0.2, 0.25) is 0 Å². The zero-order chi connectivity index (χ0) is 12.8. The summed E-state index contributed by atoms with van der Waals surface area (Å²) in [5, 5.41) is 12.6. The minimum absolute atomic E-state index is 0.510. The molecule has 1 aliphatic rings. The van der Waals surface area contributed by atoms with Gasteiger partial charge in [-0.2, -0.15) is 5.26 Å². The Morgan fingerprint density at radius 3 is 3.06 bits per heavy atom. The van der Waals surface area contributed by atoms with Crippen molar-refractivity contribution in [2.75, 3.05) is 19.7 Å². The highest BCUT2D eigenvalue weighted by Gasteiger charge is 2.13. The maximum atomic E-state index is 8.74. The lowest BCUT2D eigenvalue weighted by atomic mass is 9.97. The Hall–Kier alpha value is -1.24. The van der Waals surface area contributed by atoms with Crippen LogP contribution in [0.25, 0.3) is 0 Å². The second-order valence-electron chi connectivity index (χ2n) is 4.61. The standard InChI is InChI=1S/C14H17ClN2O/c15-13-8-12(9-16)3-4-14(13)18-7-5-11-2-1-6-17-10-11/h3-4,8,11,17H,1-2,5-7,10H2. The summed E-state index contributed by atoms with van der Waals surface area (Å²) in [7, 11) is 0. The van der Waals surface area contributed by atoms with E-state index < -0.39 is 0 Å². The number of halogens is 1. The lowest BCUT2D eigenvalue weighted by molar-refractivity contribution is 0.254. The fourth-order valence-corrected chi connectivity index (χ4v) is 2.43. The van der Waals surface area contributed by atoms with Crippen molar-refractivity contribution in [3.05, 3.63) is 28.8 Å². The minimum atomic E-state index is 0.510. The van der Waals surface area contributed by atoms with Gasteiger partial charge in [-0.3, -0.25) is 0 Å². The average molecular weight is 265 g/mol. The topological polar surface area (TPSA) is 45.0 Å². The van der Waals surface area contributed by atoms with Crippen molar-refractivity contribution in [2.24, 2.45) is 5.92 Å². The second kappa shape index (κ2) is 6.63. The number of hydrogen-bond acceptors (Lipinski definition) is 3. The largest absolute Gasteiger partial charge is 0.492 e. The van der Waals surface area contributed by atoms with Crippen LogP contribution in [0.5, 0.6) is 5.75 Å². The van der Waals surface area contributed by atoms with Crippen molar-refractivity contribution < 1.29 is 4.74 Å². The van der Waals surface area contributed by atoms with Crippen molar-refractivity contribution in [1.29, 1.82) is 5.26 Å². The first-order chi connectivity index (χ1) is 8.79. The first-order valence-electron chi connectivity index (χ1n) is 6.33. The van der Waals surface area contributed by atoms with Crippen LogP contribution in [0.1, 0.15) is 24.8 Å². The lowest BCUT2D eigenvalue weighted by Gasteiger charge is -2.22. The monoisotopic (exact) mass is 264 g/mol. The summed E-state index contributed by atoms with van der Waals surface area (Å²) in [4.78, 5) is 0. The van der Waals surface area contributed by atoms with Gasteiger partial charge in [0.15, 0.2) is 0 Å². The molecule has 1 heterocycles. The number of nitrogens with one attached hydrogen (secondary N) is 1. The number of piperidine rings is 1. The van der Waals surface area contributed by atoms with Crippen molar-refractivity contribution >= 4 is 11.6 Å². The predicted molar refractivity (Wildman–Crippen MR) is 71.9 cm³/mol. The predicted octanol–water partition coefficient (Wildman–Crippen LogP) is 2.98. The van der Waals surface area contributed by atoms with E-state index in [-0.39, 0.29) is 0 Å². The summed E-state index contributed by atoms with van der Waals surface area (Å²) in [5.74, 6) is 1.37. The number of rotatable bonds is 4. The van der Waals surface area contributed by atoms with Crippen LogP contribution in [0.4, 0.5) is 0 Å². The molecule has 1 aromatic rings. The van der Waals surface area contributed by atoms with E-state index >= 15 is 0 Å². The fraction of sp³-hybridized carbons (Fsp3) is 0.500. The molecule has 0 aromatic heterocycles. The minimum Gasteiger partial charge on any atom is -0.492 e. The number of hydrogen-bond donors (Lipinski definition) is 1. The fourth-order valence-electron chi connectivity index (χ4n) is 2.19. The summed E-state index contributed by atoms with van der Waals surface area (Å²) in [6.07, 6.45) is 3.57. The van der Waals surface area contributed by atoms with Crippen LogP contribution in [0.3, 0.4) is 0 Å². The molecule has 1 saturated heterocycles. The van der Waals surface area contributed by atoms with Crippen LogP contribution < -0.4 is 10.1 Å². The molecule has 0 saturated carbocycles. The molecule has 1 aromatic carbocycles. The molecular weight excluding hydrogens is 248 g/mol. The van der Waals surface area contributed by atoms with Crippen LogP contribution in [-0.4, -0.2) is 19.7 Å². The highest BCUT2D eigenvalue weighted by molar-refractivity contribution is 6.32. The SMILES string of the molecule is N#Cc1ccc(OCCC2CCCNC2)c(Cl)c1. The molecule has 96 valence electrons. The van der Waals surface area contributed by atoms with Gasteiger partial charge in [0.1, 0.15) is 5.75 Å². The van der Waals surface area contributed by atoms with E-state index in [9.17, 15) is 0 Å². The van der Waals surface area contributed by atoms with Crippen LogP contribution in [-0.2, 0) is 0 Å².